The van der Waals surface area contributed by atoms with Crippen molar-refractivity contribution in [1.82, 2.24) is 0 Å². The molecular formula is C5H7BO6. The number of rotatable bonds is 3. The highest BCUT2D eigenvalue weighted by Crippen LogP contribution is 2.02. The van der Waals surface area contributed by atoms with Crippen molar-refractivity contribution in [2.24, 2.45) is 0 Å². The molecule has 0 aliphatic carbocycles. The molecule has 0 spiro atoms. The topological polar surface area (TPSA) is 71.1 Å². The summed E-state index contributed by atoms with van der Waals surface area (Å²) >= 11 is 0. The number of ether oxygens (including phenoxy) is 1. The largest absolute Gasteiger partial charge is 0.792 e. The van der Waals surface area contributed by atoms with E-state index >= 15 is 0 Å². The van der Waals surface area contributed by atoms with Crippen molar-refractivity contribution >= 4 is 19.3 Å². The van der Waals surface area contributed by atoms with E-state index < -0.39 is 19.3 Å². The van der Waals surface area contributed by atoms with Crippen LogP contribution in [0.15, 0.2) is 0 Å². The van der Waals surface area contributed by atoms with Crippen LogP contribution in [0.3, 0.4) is 0 Å². The first-order valence-corrected chi connectivity index (χ1v) is 3.22. The first-order valence-electron chi connectivity index (χ1n) is 3.22. The molecule has 0 aromatic heterocycles. The molecule has 0 aromatic carbocycles. The van der Waals surface area contributed by atoms with Crippen molar-refractivity contribution in [3.8, 4) is 0 Å². The first-order chi connectivity index (χ1) is 5.72. The molecule has 6 nitrogen and oxygen atoms in total. The monoisotopic (exact) mass is 174 g/mol. The molecule has 0 N–H and O–H groups in total. The summed E-state index contributed by atoms with van der Waals surface area (Å²) in [5.74, 6) is -1.19. The standard InChI is InChI=1S/C5H7BO6/c1-9-2-4(7)11-6-10-3-5(8)12-6/h2-3H2,1H3. The van der Waals surface area contributed by atoms with Gasteiger partial charge in [-0.1, -0.05) is 0 Å². The van der Waals surface area contributed by atoms with Gasteiger partial charge in [0.05, 0.1) is 0 Å². The fourth-order valence-corrected chi connectivity index (χ4v) is 0.629. The van der Waals surface area contributed by atoms with Gasteiger partial charge in [0.15, 0.2) is 0 Å². The van der Waals surface area contributed by atoms with Gasteiger partial charge in [-0.3, -0.25) is 9.59 Å². The van der Waals surface area contributed by atoms with Crippen molar-refractivity contribution in [3.63, 3.8) is 0 Å². The van der Waals surface area contributed by atoms with E-state index in [0.29, 0.717) is 0 Å². The van der Waals surface area contributed by atoms with E-state index in [1.165, 1.54) is 7.11 Å². The third kappa shape index (κ3) is 2.52. The quantitative estimate of drug-likeness (QED) is 0.497. The van der Waals surface area contributed by atoms with Crippen LogP contribution >= 0.6 is 0 Å². The Morgan fingerprint density at radius 1 is 1.75 bits per heavy atom. The van der Waals surface area contributed by atoms with Crippen LogP contribution in [0.25, 0.3) is 0 Å². The van der Waals surface area contributed by atoms with Crippen molar-refractivity contribution in [2.75, 3.05) is 20.3 Å². The number of methoxy groups -OCH3 is 1. The maximum absolute atomic E-state index is 10.7. The van der Waals surface area contributed by atoms with Crippen LogP contribution in [0.5, 0.6) is 0 Å². The van der Waals surface area contributed by atoms with Gasteiger partial charge < -0.3 is 18.7 Å². The summed E-state index contributed by atoms with van der Waals surface area (Å²) < 4.78 is 18.0. The molecule has 1 heterocycles. The van der Waals surface area contributed by atoms with Crippen molar-refractivity contribution < 1.29 is 28.3 Å². The van der Waals surface area contributed by atoms with Gasteiger partial charge >= 0.3 is 19.3 Å². The molecule has 0 aromatic rings. The molecule has 12 heavy (non-hydrogen) atoms. The van der Waals surface area contributed by atoms with E-state index in [1.807, 2.05) is 0 Å². The maximum atomic E-state index is 10.7. The molecule has 7 heteroatoms. The zero-order chi connectivity index (χ0) is 8.97. The molecule has 0 unspecified atom stereocenters. The predicted octanol–water partition coefficient (Wildman–Crippen LogP) is -1.27. The Balaban J connectivity index is 2.23. The molecule has 1 aliphatic rings. The fraction of sp³-hybridized carbons (Fsp3) is 0.600. The van der Waals surface area contributed by atoms with Gasteiger partial charge in [0.2, 0.25) is 0 Å². The summed E-state index contributed by atoms with van der Waals surface area (Å²) in [5, 5.41) is 0. The van der Waals surface area contributed by atoms with E-state index in [0.717, 1.165) is 0 Å². The fourth-order valence-electron chi connectivity index (χ4n) is 0.629. The van der Waals surface area contributed by atoms with Crippen LogP contribution in [-0.2, 0) is 28.3 Å². The molecule has 1 aliphatic heterocycles. The van der Waals surface area contributed by atoms with Crippen LogP contribution in [0.4, 0.5) is 0 Å². The third-order valence-electron chi connectivity index (χ3n) is 1.05. The van der Waals surface area contributed by atoms with E-state index in [1.54, 1.807) is 0 Å². The minimum atomic E-state index is -1.21. The Kier molecular flexibility index (Phi) is 3.06. The lowest BCUT2D eigenvalue weighted by Crippen LogP contribution is -2.26. The number of carbonyl (C=O) groups is 2. The smallest absolute Gasteiger partial charge is 0.472 e. The summed E-state index contributed by atoms with van der Waals surface area (Å²) in [6.07, 6.45) is 0. The molecule has 1 fully saturated rings. The van der Waals surface area contributed by atoms with Gasteiger partial charge in [-0.15, -0.1) is 0 Å². The Labute approximate surface area is 68.9 Å². The molecular weight excluding hydrogens is 167 g/mol. The highest BCUT2D eigenvalue weighted by atomic mass is 16.8. The molecule has 66 valence electrons. The van der Waals surface area contributed by atoms with E-state index in [-0.39, 0.29) is 13.2 Å². The summed E-state index contributed by atoms with van der Waals surface area (Å²) in [6.45, 7) is -0.387. The van der Waals surface area contributed by atoms with Crippen molar-refractivity contribution in [1.29, 1.82) is 0 Å². The number of hydrogen-bond acceptors (Lipinski definition) is 6. The Morgan fingerprint density at radius 2 is 2.50 bits per heavy atom. The van der Waals surface area contributed by atoms with Crippen LogP contribution < -0.4 is 0 Å². The minimum absolute atomic E-state index is 0.190. The second-order valence-corrected chi connectivity index (χ2v) is 2.01. The molecule has 0 radical (unpaired) electrons. The lowest BCUT2D eigenvalue weighted by molar-refractivity contribution is -0.141. The summed E-state index contributed by atoms with van der Waals surface area (Å²) in [5.41, 5.74) is 0. The van der Waals surface area contributed by atoms with Crippen molar-refractivity contribution in [3.05, 3.63) is 0 Å². The van der Waals surface area contributed by atoms with Crippen LogP contribution in [0, 0.1) is 0 Å². The van der Waals surface area contributed by atoms with Gasteiger partial charge in [-0.25, -0.2) is 0 Å². The number of carbonyl (C=O) groups excluding carboxylic acids is 2. The second kappa shape index (κ2) is 4.08. The Hall–Kier alpha value is -1.08. The average Bonchev–Trinajstić information content (AvgIpc) is 2.36. The summed E-state index contributed by atoms with van der Waals surface area (Å²) in [4.78, 5) is 21.1. The van der Waals surface area contributed by atoms with Crippen molar-refractivity contribution in [2.45, 2.75) is 0 Å². The SMILES string of the molecule is COCC(=O)OB1OCC(=O)O1. The number of hydrogen-bond donors (Lipinski definition) is 0. The minimum Gasteiger partial charge on any atom is -0.472 e. The summed E-state index contributed by atoms with van der Waals surface area (Å²) in [6, 6.07) is 0. The lowest BCUT2D eigenvalue weighted by atomic mass is 10.2. The average molecular weight is 174 g/mol. The first kappa shape index (κ1) is 9.02. The normalized spacial score (nSPS) is 16.1. The van der Waals surface area contributed by atoms with E-state index in [9.17, 15) is 9.59 Å². The lowest BCUT2D eigenvalue weighted by Gasteiger charge is -2.03. The zero-order valence-electron chi connectivity index (χ0n) is 6.44. The van der Waals surface area contributed by atoms with Gasteiger partial charge in [0.25, 0.3) is 0 Å². The zero-order valence-corrected chi connectivity index (χ0v) is 6.44. The van der Waals surface area contributed by atoms with Gasteiger partial charge in [0, 0.05) is 7.11 Å². The van der Waals surface area contributed by atoms with Gasteiger partial charge in [-0.2, -0.15) is 0 Å². The van der Waals surface area contributed by atoms with Gasteiger partial charge in [0.1, 0.15) is 13.2 Å². The third-order valence-corrected chi connectivity index (χ3v) is 1.05. The van der Waals surface area contributed by atoms with Crippen LogP contribution in [0.2, 0.25) is 0 Å². The predicted molar refractivity (Wildman–Crippen MR) is 35.8 cm³/mol. The maximum Gasteiger partial charge on any atom is 0.792 e. The Bertz CT molecular complexity index is 192. The molecule has 0 amide bonds. The van der Waals surface area contributed by atoms with E-state index in [4.69, 9.17) is 0 Å². The highest BCUT2D eigenvalue weighted by molar-refractivity contribution is 6.43. The van der Waals surface area contributed by atoms with E-state index in [2.05, 4.69) is 18.7 Å². The molecule has 1 saturated heterocycles. The molecule has 1 rings (SSSR count). The second-order valence-electron chi connectivity index (χ2n) is 2.01. The molecule has 0 bridgehead atoms. The molecule has 0 atom stereocenters. The molecule has 0 saturated carbocycles. The Morgan fingerprint density at radius 3 is 3.00 bits per heavy atom. The van der Waals surface area contributed by atoms with Crippen LogP contribution in [-0.4, -0.2) is 39.6 Å². The van der Waals surface area contributed by atoms with Crippen LogP contribution in [0.1, 0.15) is 0 Å². The highest BCUT2D eigenvalue weighted by Gasteiger charge is 2.38. The van der Waals surface area contributed by atoms with Gasteiger partial charge in [-0.05, 0) is 0 Å². The summed E-state index contributed by atoms with van der Waals surface area (Å²) in [7, 11) is 0.142.